The Hall–Kier alpha value is -2.38. The molecule has 8 heteroatoms. The second-order valence-corrected chi connectivity index (χ2v) is 7.04. The minimum absolute atomic E-state index is 0. The van der Waals surface area contributed by atoms with Gasteiger partial charge in [0, 0.05) is 30.9 Å². The molecule has 0 unspecified atom stereocenters. The molecule has 1 aromatic heterocycles. The molecule has 7 nitrogen and oxygen atoms in total. The minimum Gasteiger partial charge on any atom is -0.351 e. The standard InChI is InChI=1S/C20H29N5O2.ClH/c1-13(2)12-25-15(4)17(14(3)24-25)11-19(26)23-18-8-6-5-7-16(18)20(27)22-10-9-21;/h5-8,13H,9-12,21H2,1-4H3,(H,22,27)(H,23,26);1H. The Morgan fingerprint density at radius 3 is 2.54 bits per heavy atom. The van der Waals surface area contributed by atoms with Crippen LogP contribution >= 0.6 is 12.4 Å². The summed E-state index contributed by atoms with van der Waals surface area (Å²) in [5, 5.41) is 10.1. The van der Waals surface area contributed by atoms with Gasteiger partial charge in [-0.1, -0.05) is 26.0 Å². The fourth-order valence-electron chi connectivity index (χ4n) is 2.94. The fraction of sp³-hybridized carbons (Fsp3) is 0.450. The smallest absolute Gasteiger partial charge is 0.253 e. The highest BCUT2D eigenvalue weighted by atomic mass is 35.5. The zero-order valence-electron chi connectivity index (χ0n) is 16.9. The van der Waals surface area contributed by atoms with E-state index in [1.54, 1.807) is 24.3 Å². The zero-order chi connectivity index (χ0) is 20.0. The number of hydrogen-bond donors (Lipinski definition) is 3. The molecule has 0 radical (unpaired) electrons. The summed E-state index contributed by atoms with van der Waals surface area (Å²) in [6.45, 7) is 9.73. The molecule has 0 aliphatic carbocycles. The van der Waals surface area contributed by atoms with Crippen molar-refractivity contribution in [2.75, 3.05) is 18.4 Å². The molecular weight excluding hydrogens is 378 g/mol. The largest absolute Gasteiger partial charge is 0.351 e. The Morgan fingerprint density at radius 1 is 1.21 bits per heavy atom. The number of carbonyl (C=O) groups is 2. The van der Waals surface area contributed by atoms with Crippen LogP contribution in [-0.4, -0.2) is 34.7 Å². The molecule has 2 aromatic rings. The number of anilines is 1. The molecule has 1 heterocycles. The number of halogens is 1. The summed E-state index contributed by atoms with van der Waals surface area (Å²) in [6.07, 6.45) is 0.217. The third kappa shape index (κ3) is 6.07. The van der Waals surface area contributed by atoms with Crippen LogP contribution in [0.15, 0.2) is 24.3 Å². The van der Waals surface area contributed by atoms with Crippen LogP contribution in [-0.2, 0) is 17.8 Å². The number of aromatic nitrogens is 2. The normalized spacial score (nSPS) is 10.5. The number of nitrogens with one attached hydrogen (secondary N) is 2. The van der Waals surface area contributed by atoms with E-state index in [0.29, 0.717) is 30.3 Å². The number of nitrogens with zero attached hydrogens (tertiary/aromatic N) is 2. The lowest BCUT2D eigenvalue weighted by molar-refractivity contribution is -0.115. The number of carbonyl (C=O) groups excluding carboxylic acids is 2. The molecule has 154 valence electrons. The van der Waals surface area contributed by atoms with Gasteiger partial charge in [-0.2, -0.15) is 5.10 Å². The topological polar surface area (TPSA) is 102 Å². The van der Waals surface area contributed by atoms with Gasteiger partial charge in [0.2, 0.25) is 5.91 Å². The van der Waals surface area contributed by atoms with Crippen molar-refractivity contribution in [1.82, 2.24) is 15.1 Å². The molecule has 28 heavy (non-hydrogen) atoms. The maximum atomic E-state index is 12.6. The predicted molar refractivity (Wildman–Crippen MR) is 114 cm³/mol. The van der Waals surface area contributed by atoms with E-state index in [0.717, 1.165) is 23.5 Å². The summed E-state index contributed by atoms with van der Waals surface area (Å²) in [5.41, 5.74) is 9.13. The molecule has 0 saturated carbocycles. The predicted octanol–water partition coefficient (Wildman–Crippen LogP) is 2.45. The zero-order valence-corrected chi connectivity index (χ0v) is 17.7. The molecule has 0 bridgehead atoms. The first-order valence-electron chi connectivity index (χ1n) is 9.23. The highest BCUT2D eigenvalue weighted by Crippen LogP contribution is 2.18. The highest BCUT2D eigenvalue weighted by Gasteiger charge is 2.17. The van der Waals surface area contributed by atoms with Crippen molar-refractivity contribution in [2.24, 2.45) is 11.7 Å². The second-order valence-electron chi connectivity index (χ2n) is 7.04. The van der Waals surface area contributed by atoms with E-state index in [1.165, 1.54) is 0 Å². The Balaban J connectivity index is 0.00000392. The number of amides is 2. The van der Waals surface area contributed by atoms with E-state index in [-0.39, 0.29) is 30.6 Å². The maximum absolute atomic E-state index is 12.6. The number of nitrogens with two attached hydrogens (primary N) is 1. The summed E-state index contributed by atoms with van der Waals surface area (Å²) in [4.78, 5) is 24.9. The number of hydrogen-bond acceptors (Lipinski definition) is 4. The number of para-hydroxylation sites is 1. The lowest BCUT2D eigenvalue weighted by atomic mass is 10.1. The van der Waals surface area contributed by atoms with Gasteiger partial charge >= 0.3 is 0 Å². The van der Waals surface area contributed by atoms with Crippen molar-refractivity contribution in [3.63, 3.8) is 0 Å². The Kier molecular flexibility index (Phi) is 9.15. The summed E-state index contributed by atoms with van der Waals surface area (Å²) in [6, 6.07) is 6.94. The fourth-order valence-corrected chi connectivity index (χ4v) is 2.94. The van der Waals surface area contributed by atoms with Crippen molar-refractivity contribution in [3.8, 4) is 0 Å². The van der Waals surface area contributed by atoms with Gasteiger partial charge in [-0.05, 0) is 31.9 Å². The van der Waals surface area contributed by atoms with Gasteiger partial charge in [0.15, 0.2) is 0 Å². The van der Waals surface area contributed by atoms with Crippen LogP contribution in [0, 0.1) is 19.8 Å². The summed E-state index contributed by atoms with van der Waals surface area (Å²) >= 11 is 0. The SMILES string of the molecule is Cc1nn(CC(C)C)c(C)c1CC(=O)Nc1ccccc1C(=O)NCCN.Cl. The quantitative estimate of drug-likeness (QED) is 0.625. The van der Waals surface area contributed by atoms with Gasteiger partial charge in [-0.25, -0.2) is 0 Å². The monoisotopic (exact) mass is 407 g/mol. The van der Waals surface area contributed by atoms with Crippen LogP contribution in [0.5, 0.6) is 0 Å². The van der Waals surface area contributed by atoms with Crippen molar-refractivity contribution in [3.05, 3.63) is 46.8 Å². The second kappa shape index (κ2) is 10.8. The molecule has 0 aliphatic rings. The van der Waals surface area contributed by atoms with Crippen molar-refractivity contribution >= 4 is 29.9 Å². The molecule has 0 saturated heterocycles. The Labute approximate surface area is 172 Å². The summed E-state index contributed by atoms with van der Waals surface area (Å²) < 4.78 is 1.96. The van der Waals surface area contributed by atoms with Crippen molar-refractivity contribution in [2.45, 2.75) is 40.7 Å². The summed E-state index contributed by atoms with van der Waals surface area (Å²) in [7, 11) is 0. The van der Waals surface area contributed by atoms with Crippen LogP contribution in [0.3, 0.4) is 0 Å². The van der Waals surface area contributed by atoms with E-state index >= 15 is 0 Å². The van der Waals surface area contributed by atoms with Gasteiger partial charge in [-0.15, -0.1) is 12.4 Å². The third-order valence-corrected chi connectivity index (χ3v) is 4.28. The molecule has 0 aliphatic heterocycles. The van der Waals surface area contributed by atoms with Crippen LogP contribution < -0.4 is 16.4 Å². The first-order chi connectivity index (χ1) is 12.8. The van der Waals surface area contributed by atoms with Crippen molar-refractivity contribution in [1.29, 1.82) is 0 Å². The number of aryl methyl sites for hydroxylation is 1. The van der Waals surface area contributed by atoms with Crippen LogP contribution in [0.2, 0.25) is 0 Å². The molecule has 0 fully saturated rings. The summed E-state index contributed by atoms with van der Waals surface area (Å²) in [5.74, 6) is 0.0430. The lowest BCUT2D eigenvalue weighted by Gasteiger charge is -2.11. The van der Waals surface area contributed by atoms with Crippen molar-refractivity contribution < 1.29 is 9.59 Å². The average molecular weight is 408 g/mol. The van der Waals surface area contributed by atoms with Gasteiger partial charge in [0.05, 0.1) is 23.4 Å². The average Bonchev–Trinajstić information content (AvgIpc) is 2.87. The number of benzene rings is 1. The van der Waals surface area contributed by atoms with Gasteiger partial charge < -0.3 is 16.4 Å². The molecule has 0 spiro atoms. The first kappa shape index (κ1) is 23.7. The van der Waals surface area contributed by atoms with E-state index in [1.807, 2.05) is 18.5 Å². The Bertz CT molecular complexity index is 817. The van der Waals surface area contributed by atoms with E-state index < -0.39 is 0 Å². The van der Waals surface area contributed by atoms with E-state index in [9.17, 15) is 9.59 Å². The molecular formula is C20H30ClN5O2. The van der Waals surface area contributed by atoms with E-state index in [2.05, 4.69) is 29.6 Å². The first-order valence-corrected chi connectivity index (χ1v) is 9.23. The van der Waals surface area contributed by atoms with Crippen LogP contribution in [0.25, 0.3) is 0 Å². The van der Waals surface area contributed by atoms with E-state index in [4.69, 9.17) is 5.73 Å². The Morgan fingerprint density at radius 2 is 1.89 bits per heavy atom. The molecule has 2 amide bonds. The maximum Gasteiger partial charge on any atom is 0.253 e. The van der Waals surface area contributed by atoms with Crippen LogP contribution in [0.1, 0.15) is 41.2 Å². The van der Waals surface area contributed by atoms with Gasteiger partial charge in [-0.3, -0.25) is 14.3 Å². The van der Waals surface area contributed by atoms with Gasteiger partial charge in [0.1, 0.15) is 0 Å². The highest BCUT2D eigenvalue weighted by molar-refractivity contribution is 6.04. The molecule has 4 N–H and O–H groups in total. The third-order valence-electron chi connectivity index (χ3n) is 4.28. The number of rotatable bonds is 8. The minimum atomic E-state index is -0.256. The van der Waals surface area contributed by atoms with Gasteiger partial charge in [0.25, 0.3) is 5.91 Å². The molecule has 0 atom stereocenters. The molecule has 1 aromatic carbocycles. The molecule has 2 rings (SSSR count). The van der Waals surface area contributed by atoms with Crippen LogP contribution in [0.4, 0.5) is 5.69 Å². The lowest BCUT2D eigenvalue weighted by Crippen LogP contribution is -2.30.